The number of benzene rings is 1. The van der Waals surface area contributed by atoms with Crippen molar-refractivity contribution in [3.8, 4) is 5.69 Å². The van der Waals surface area contributed by atoms with Crippen LogP contribution in [0.5, 0.6) is 0 Å². The first-order valence-electron chi connectivity index (χ1n) is 9.17. The van der Waals surface area contributed by atoms with Crippen molar-refractivity contribution in [3.63, 3.8) is 0 Å². The molecule has 6 nitrogen and oxygen atoms in total. The molecule has 6 heteroatoms. The molecule has 1 aliphatic rings. The minimum absolute atomic E-state index is 0.0512. The number of hydrogen-bond donors (Lipinski definition) is 2. The van der Waals surface area contributed by atoms with Gasteiger partial charge in [0.2, 0.25) is 5.91 Å². The molecule has 1 aliphatic carbocycles. The Morgan fingerprint density at radius 3 is 2.54 bits per heavy atom. The van der Waals surface area contributed by atoms with Crippen LogP contribution in [0.3, 0.4) is 0 Å². The Morgan fingerprint density at radius 2 is 1.88 bits per heavy atom. The minimum atomic E-state index is -0.912. The third-order valence-electron chi connectivity index (χ3n) is 5.26. The Bertz CT molecular complexity index is 747. The normalized spacial score (nSPS) is 16.6. The Kier molecular flexibility index (Phi) is 5.71. The van der Waals surface area contributed by atoms with E-state index in [0.717, 1.165) is 36.9 Å². The van der Waals surface area contributed by atoms with Crippen LogP contribution in [0.1, 0.15) is 50.5 Å². The molecule has 1 aromatic heterocycles. The van der Waals surface area contributed by atoms with E-state index >= 15 is 0 Å². The number of carboxylic acid groups (broad SMARTS) is 1. The fraction of sp³-hybridized carbons (Fsp3) is 0.450. The third-order valence-corrected chi connectivity index (χ3v) is 5.26. The third kappa shape index (κ3) is 4.12. The van der Waals surface area contributed by atoms with Gasteiger partial charge >= 0.3 is 5.97 Å². The smallest absolute Gasteiger partial charge is 0.310 e. The summed E-state index contributed by atoms with van der Waals surface area (Å²) in [5, 5.41) is 12.6. The first-order chi connectivity index (χ1) is 12.6. The molecule has 0 unspecified atom stereocenters. The molecule has 1 fully saturated rings. The molecule has 0 bridgehead atoms. The molecule has 1 saturated carbocycles. The van der Waals surface area contributed by atoms with Crippen LogP contribution in [0.4, 0.5) is 0 Å². The Hall–Kier alpha value is -2.63. The number of para-hydroxylation sites is 1. The van der Waals surface area contributed by atoms with E-state index in [1.165, 1.54) is 0 Å². The summed E-state index contributed by atoms with van der Waals surface area (Å²) < 4.78 is 1.89. The fourth-order valence-electron chi connectivity index (χ4n) is 3.75. The van der Waals surface area contributed by atoms with Gasteiger partial charge in [-0.05, 0) is 24.5 Å². The molecule has 1 amide bonds. The molecule has 0 aliphatic heterocycles. The highest BCUT2D eigenvalue weighted by atomic mass is 16.4. The first-order valence-corrected chi connectivity index (χ1v) is 9.17. The average Bonchev–Trinajstić information content (AvgIpc) is 3.07. The van der Waals surface area contributed by atoms with Crippen molar-refractivity contribution in [2.45, 2.75) is 51.5 Å². The molecular formula is C20H25N3O3. The Labute approximate surface area is 153 Å². The molecule has 1 heterocycles. The molecule has 26 heavy (non-hydrogen) atoms. The van der Waals surface area contributed by atoms with E-state index in [9.17, 15) is 14.7 Å². The fourth-order valence-corrected chi connectivity index (χ4v) is 3.75. The predicted octanol–water partition coefficient (Wildman–Crippen LogP) is 3.30. The number of aromatic nitrogens is 2. The number of nitrogens with one attached hydrogen (secondary N) is 1. The highest BCUT2D eigenvalue weighted by Gasteiger charge is 2.40. The van der Waals surface area contributed by atoms with Crippen LogP contribution in [-0.4, -0.2) is 26.5 Å². The van der Waals surface area contributed by atoms with Crippen LogP contribution < -0.4 is 5.32 Å². The van der Waals surface area contributed by atoms with Gasteiger partial charge in [0.05, 0.1) is 17.4 Å². The predicted molar refractivity (Wildman–Crippen MR) is 97.8 cm³/mol. The number of rotatable bonds is 6. The zero-order valence-electron chi connectivity index (χ0n) is 14.9. The van der Waals surface area contributed by atoms with E-state index in [4.69, 9.17) is 0 Å². The van der Waals surface area contributed by atoms with Crippen molar-refractivity contribution in [3.05, 3.63) is 48.5 Å². The van der Waals surface area contributed by atoms with Gasteiger partial charge in [0.1, 0.15) is 0 Å². The zero-order valence-corrected chi connectivity index (χ0v) is 14.9. The SMILES string of the molecule is O=C(CC1(C(=O)O)CCCCCC1)NCc1ccccc1-n1ccnc1. The van der Waals surface area contributed by atoms with Gasteiger partial charge < -0.3 is 15.0 Å². The van der Waals surface area contributed by atoms with Crippen LogP contribution in [0.15, 0.2) is 43.0 Å². The van der Waals surface area contributed by atoms with Crippen LogP contribution in [-0.2, 0) is 16.1 Å². The molecule has 0 saturated heterocycles. The van der Waals surface area contributed by atoms with E-state index in [1.54, 1.807) is 12.5 Å². The molecule has 0 radical (unpaired) electrons. The van der Waals surface area contributed by atoms with Crippen molar-refractivity contribution in [2.75, 3.05) is 0 Å². The molecule has 138 valence electrons. The number of nitrogens with zero attached hydrogens (tertiary/aromatic N) is 2. The maximum atomic E-state index is 12.5. The van der Waals surface area contributed by atoms with Crippen molar-refractivity contribution < 1.29 is 14.7 Å². The lowest BCUT2D eigenvalue weighted by molar-refractivity contribution is -0.152. The highest BCUT2D eigenvalue weighted by molar-refractivity contribution is 5.85. The quantitative estimate of drug-likeness (QED) is 0.779. The number of hydrogen-bond acceptors (Lipinski definition) is 3. The molecule has 2 aromatic rings. The number of carbonyl (C=O) groups is 2. The summed E-state index contributed by atoms with van der Waals surface area (Å²) in [6.45, 7) is 0.364. The van der Waals surface area contributed by atoms with E-state index in [0.29, 0.717) is 19.4 Å². The number of imidazole rings is 1. The second-order valence-corrected chi connectivity index (χ2v) is 7.05. The van der Waals surface area contributed by atoms with E-state index in [-0.39, 0.29) is 12.3 Å². The minimum Gasteiger partial charge on any atom is -0.481 e. The summed E-state index contributed by atoms with van der Waals surface area (Å²) in [4.78, 5) is 28.4. The lowest BCUT2D eigenvalue weighted by atomic mass is 9.77. The summed E-state index contributed by atoms with van der Waals surface area (Å²) in [7, 11) is 0. The van der Waals surface area contributed by atoms with Gasteiger partial charge in [-0.15, -0.1) is 0 Å². The van der Waals surface area contributed by atoms with Gasteiger partial charge in [-0.2, -0.15) is 0 Å². The topological polar surface area (TPSA) is 84.2 Å². The van der Waals surface area contributed by atoms with Crippen LogP contribution in [0.2, 0.25) is 0 Å². The summed E-state index contributed by atoms with van der Waals surface area (Å²) in [5.41, 5.74) is 1.00. The van der Waals surface area contributed by atoms with Crippen LogP contribution in [0.25, 0.3) is 5.69 Å². The van der Waals surface area contributed by atoms with Crippen molar-refractivity contribution >= 4 is 11.9 Å². The Morgan fingerprint density at radius 1 is 1.15 bits per heavy atom. The average molecular weight is 355 g/mol. The van der Waals surface area contributed by atoms with Crippen molar-refractivity contribution in [2.24, 2.45) is 5.41 Å². The largest absolute Gasteiger partial charge is 0.481 e. The van der Waals surface area contributed by atoms with E-state index < -0.39 is 11.4 Å². The lowest BCUT2D eigenvalue weighted by Crippen LogP contribution is -2.37. The number of aliphatic carboxylic acids is 1. The maximum absolute atomic E-state index is 12.5. The first kappa shape index (κ1) is 18.2. The highest BCUT2D eigenvalue weighted by Crippen LogP contribution is 2.38. The van der Waals surface area contributed by atoms with Gasteiger partial charge in [0.25, 0.3) is 0 Å². The molecule has 1 aromatic carbocycles. The molecule has 3 rings (SSSR count). The summed E-state index contributed by atoms with van der Waals surface area (Å²) in [5.74, 6) is -1.04. The molecule has 0 spiro atoms. The number of amides is 1. The van der Waals surface area contributed by atoms with Gasteiger partial charge in [-0.25, -0.2) is 4.98 Å². The van der Waals surface area contributed by atoms with Crippen molar-refractivity contribution in [1.82, 2.24) is 14.9 Å². The van der Waals surface area contributed by atoms with E-state index in [1.807, 2.05) is 35.0 Å². The van der Waals surface area contributed by atoms with Crippen LogP contribution >= 0.6 is 0 Å². The Balaban J connectivity index is 1.67. The number of carbonyl (C=O) groups excluding carboxylic acids is 1. The second-order valence-electron chi connectivity index (χ2n) is 7.05. The monoisotopic (exact) mass is 355 g/mol. The van der Waals surface area contributed by atoms with Crippen molar-refractivity contribution in [1.29, 1.82) is 0 Å². The van der Waals surface area contributed by atoms with Gasteiger partial charge in [-0.3, -0.25) is 9.59 Å². The van der Waals surface area contributed by atoms with E-state index in [2.05, 4.69) is 10.3 Å². The summed E-state index contributed by atoms with van der Waals surface area (Å²) in [6, 6.07) is 7.78. The number of carboxylic acids is 1. The summed E-state index contributed by atoms with van der Waals surface area (Å²) >= 11 is 0. The van der Waals surface area contributed by atoms with Gasteiger partial charge in [0.15, 0.2) is 0 Å². The molecule has 0 atom stereocenters. The standard InChI is InChI=1S/C20H25N3O3/c24-18(13-20(19(25)26)9-5-1-2-6-10-20)22-14-16-7-3-4-8-17(16)23-12-11-21-15-23/h3-4,7-8,11-12,15H,1-2,5-6,9-10,13-14H2,(H,22,24)(H,25,26). The van der Waals surface area contributed by atoms with Gasteiger partial charge in [-0.1, -0.05) is 43.9 Å². The summed E-state index contributed by atoms with van der Waals surface area (Å²) in [6.07, 6.45) is 10.4. The van der Waals surface area contributed by atoms with Crippen LogP contribution in [0, 0.1) is 5.41 Å². The molecular weight excluding hydrogens is 330 g/mol. The van der Waals surface area contributed by atoms with Gasteiger partial charge in [0, 0.05) is 25.4 Å². The second kappa shape index (κ2) is 8.17. The molecule has 2 N–H and O–H groups in total. The maximum Gasteiger partial charge on any atom is 0.310 e. The lowest BCUT2D eigenvalue weighted by Gasteiger charge is -2.27. The zero-order chi connectivity index (χ0) is 18.4.